The Kier molecular flexibility index (Phi) is 19.4. The van der Waals surface area contributed by atoms with Crippen molar-refractivity contribution in [2.24, 2.45) is 11.8 Å². The Labute approximate surface area is 240 Å². The van der Waals surface area contributed by atoms with Gasteiger partial charge in [-0.1, -0.05) is 55.0 Å². The predicted molar refractivity (Wildman–Crippen MR) is 160 cm³/mol. The van der Waals surface area contributed by atoms with E-state index >= 15 is 0 Å². The third-order valence-corrected chi connectivity index (χ3v) is 7.07. The van der Waals surface area contributed by atoms with Crippen LogP contribution in [0.4, 0.5) is 0 Å². The van der Waals surface area contributed by atoms with Crippen LogP contribution in [0.3, 0.4) is 0 Å². The lowest BCUT2D eigenvalue weighted by atomic mass is 9.81. The number of halogens is 1. The number of aliphatic hydroxyl groups excluding tert-OH is 2. The van der Waals surface area contributed by atoms with Gasteiger partial charge in [0.2, 0.25) is 5.91 Å². The van der Waals surface area contributed by atoms with Gasteiger partial charge in [0.1, 0.15) is 6.10 Å². The van der Waals surface area contributed by atoms with Crippen LogP contribution >= 0.6 is 11.6 Å². The summed E-state index contributed by atoms with van der Waals surface area (Å²) in [4.78, 5) is 24.1. The van der Waals surface area contributed by atoms with E-state index in [9.17, 15) is 19.8 Å². The van der Waals surface area contributed by atoms with E-state index in [1.54, 1.807) is 13.8 Å². The zero-order valence-corrected chi connectivity index (χ0v) is 24.8. The molecule has 0 saturated carbocycles. The number of amides is 1. The molecule has 0 heterocycles. The first-order chi connectivity index (χ1) is 18.8. The standard InChI is InChI=1S/C32H50ClNO5/c1-4-34-31(37)18-12-6-5-11-17-29(25(2)35)30(26(3)36)23-22-28(21-20-27-15-9-7-10-16-27)39-32(38)19-13-8-14-24-33/h5,7,9-11,15-16,22-23,25-26,28-30,35-36H,4,6,8,12-14,17-21,24H2,1-3H3,(H,34,37)/b11-5-,23-22+/t25-,26+,28-,29-,30-/m0/s1. The number of aliphatic hydroxyl groups is 2. The van der Waals surface area contributed by atoms with E-state index < -0.39 is 18.3 Å². The van der Waals surface area contributed by atoms with Crippen LogP contribution in [0.15, 0.2) is 54.6 Å². The lowest BCUT2D eigenvalue weighted by molar-refractivity contribution is -0.147. The topological polar surface area (TPSA) is 95.9 Å². The Bertz CT molecular complexity index is 840. The highest BCUT2D eigenvalue weighted by Gasteiger charge is 2.27. The van der Waals surface area contributed by atoms with Crippen LogP contribution in [0.5, 0.6) is 0 Å². The fraction of sp³-hybridized carbons (Fsp3) is 0.625. The van der Waals surface area contributed by atoms with E-state index in [0.29, 0.717) is 38.1 Å². The molecule has 5 atom stereocenters. The largest absolute Gasteiger partial charge is 0.458 e. The highest BCUT2D eigenvalue weighted by atomic mass is 35.5. The molecule has 1 amide bonds. The van der Waals surface area contributed by atoms with Crippen molar-refractivity contribution in [1.29, 1.82) is 0 Å². The zero-order valence-electron chi connectivity index (χ0n) is 24.1. The van der Waals surface area contributed by atoms with Crippen molar-refractivity contribution in [3.63, 3.8) is 0 Å². The molecule has 0 aliphatic carbocycles. The molecule has 220 valence electrons. The summed E-state index contributed by atoms with van der Waals surface area (Å²) in [5.41, 5.74) is 1.17. The van der Waals surface area contributed by atoms with Gasteiger partial charge in [-0.15, -0.1) is 11.6 Å². The van der Waals surface area contributed by atoms with Crippen LogP contribution in [0.2, 0.25) is 0 Å². The Balaban J connectivity index is 2.85. The van der Waals surface area contributed by atoms with Crippen molar-refractivity contribution in [2.75, 3.05) is 12.4 Å². The molecule has 6 nitrogen and oxygen atoms in total. The molecule has 0 aromatic heterocycles. The summed E-state index contributed by atoms with van der Waals surface area (Å²) in [5.74, 6) is -0.101. The predicted octanol–water partition coefficient (Wildman–Crippen LogP) is 6.13. The van der Waals surface area contributed by atoms with Crippen LogP contribution in [-0.4, -0.2) is 52.8 Å². The summed E-state index contributed by atoms with van der Waals surface area (Å²) >= 11 is 5.74. The van der Waals surface area contributed by atoms with Crippen molar-refractivity contribution in [3.05, 3.63) is 60.2 Å². The Morgan fingerprint density at radius 1 is 0.974 bits per heavy atom. The lowest BCUT2D eigenvalue weighted by Gasteiger charge is -2.29. The van der Waals surface area contributed by atoms with Crippen LogP contribution in [0.25, 0.3) is 0 Å². The number of esters is 1. The number of carbonyl (C=O) groups excluding carboxylic acids is 2. The van der Waals surface area contributed by atoms with E-state index in [2.05, 4.69) is 17.4 Å². The second-order valence-electron chi connectivity index (χ2n) is 10.2. The molecule has 1 aromatic rings. The summed E-state index contributed by atoms with van der Waals surface area (Å²) in [6.07, 6.45) is 13.0. The van der Waals surface area contributed by atoms with Gasteiger partial charge in [-0.3, -0.25) is 9.59 Å². The van der Waals surface area contributed by atoms with Gasteiger partial charge >= 0.3 is 5.97 Å². The van der Waals surface area contributed by atoms with E-state index in [1.165, 1.54) is 5.56 Å². The van der Waals surface area contributed by atoms with Crippen molar-refractivity contribution in [1.82, 2.24) is 5.32 Å². The maximum absolute atomic E-state index is 12.5. The molecule has 1 rings (SSSR count). The quantitative estimate of drug-likeness (QED) is 0.0723. The molecule has 7 heteroatoms. The molecule has 0 aliphatic heterocycles. The molecule has 1 aromatic carbocycles. The van der Waals surface area contributed by atoms with Crippen LogP contribution in [0, 0.1) is 11.8 Å². The highest BCUT2D eigenvalue weighted by Crippen LogP contribution is 2.26. The number of benzene rings is 1. The van der Waals surface area contributed by atoms with Crippen LogP contribution in [-0.2, 0) is 20.7 Å². The van der Waals surface area contributed by atoms with Crippen molar-refractivity contribution < 1.29 is 24.5 Å². The first-order valence-corrected chi connectivity index (χ1v) is 15.1. The summed E-state index contributed by atoms with van der Waals surface area (Å²) < 4.78 is 5.84. The van der Waals surface area contributed by atoms with E-state index in [0.717, 1.165) is 38.5 Å². The number of hydrogen-bond acceptors (Lipinski definition) is 5. The molecule has 3 N–H and O–H groups in total. The maximum Gasteiger partial charge on any atom is 0.306 e. The highest BCUT2D eigenvalue weighted by molar-refractivity contribution is 6.17. The van der Waals surface area contributed by atoms with Gasteiger partial charge in [0.25, 0.3) is 0 Å². The molecular weight excluding hydrogens is 514 g/mol. The van der Waals surface area contributed by atoms with Crippen molar-refractivity contribution >= 4 is 23.5 Å². The van der Waals surface area contributed by atoms with Crippen molar-refractivity contribution in [3.8, 4) is 0 Å². The third-order valence-electron chi connectivity index (χ3n) is 6.80. The number of unbranched alkanes of at least 4 members (excludes halogenated alkanes) is 3. The van der Waals surface area contributed by atoms with Gasteiger partial charge in [0, 0.05) is 31.2 Å². The molecule has 0 fully saturated rings. The molecule has 0 saturated heterocycles. The lowest BCUT2D eigenvalue weighted by Crippen LogP contribution is -2.31. The molecule has 0 radical (unpaired) electrons. The van der Waals surface area contributed by atoms with Gasteiger partial charge in [-0.2, -0.15) is 0 Å². The molecule has 0 bridgehead atoms. The normalized spacial score (nSPS) is 15.6. The Hall–Kier alpha value is -2.15. The Morgan fingerprint density at radius 2 is 1.72 bits per heavy atom. The van der Waals surface area contributed by atoms with Gasteiger partial charge in [0.05, 0.1) is 12.2 Å². The molecular formula is C32H50ClNO5. The van der Waals surface area contributed by atoms with Crippen LogP contribution in [0.1, 0.15) is 84.1 Å². The molecule has 0 spiro atoms. The van der Waals surface area contributed by atoms with Crippen LogP contribution < -0.4 is 5.32 Å². The number of rotatable bonds is 21. The summed E-state index contributed by atoms with van der Waals surface area (Å²) in [6, 6.07) is 10.1. The molecule has 39 heavy (non-hydrogen) atoms. The number of carbonyl (C=O) groups is 2. The number of nitrogens with one attached hydrogen (secondary N) is 1. The SMILES string of the molecule is CCNC(=O)CCC/C=C\C[C@H]([C@@H](/C=C/[C@H](CCc1ccccc1)OC(=O)CCCCCCl)[C@@H](C)O)[C@H](C)O. The first-order valence-electron chi connectivity index (χ1n) is 14.5. The number of hydrogen-bond donors (Lipinski definition) is 3. The summed E-state index contributed by atoms with van der Waals surface area (Å²) in [5, 5.41) is 23.9. The average molecular weight is 564 g/mol. The second-order valence-corrected chi connectivity index (χ2v) is 10.6. The van der Waals surface area contributed by atoms with Gasteiger partial charge in [-0.25, -0.2) is 0 Å². The smallest absolute Gasteiger partial charge is 0.306 e. The number of aryl methyl sites for hydroxylation is 1. The monoisotopic (exact) mass is 563 g/mol. The van der Waals surface area contributed by atoms with E-state index in [-0.39, 0.29) is 23.7 Å². The van der Waals surface area contributed by atoms with E-state index in [4.69, 9.17) is 16.3 Å². The summed E-state index contributed by atoms with van der Waals surface area (Å²) in [6.45, 7) is 6.01. The fourth-order valence-electron chi connectivity index (χ4n) is 4.54. The van der Waals surface area contributed by atoms with Crippen molar-refractivity contribution in [2.45, 2.75) is 103 Å². The van der Waals surface area contributed by atoms with Gasteiger partial charge in [0.15, 0.2) is 0 Å². The molecule has 0 aliphatic rings. The number of ether oxygens (including phenoxy) is 1. The number of allylic oxidation sites excluding steroid dienone is 2. The average Bonchev–Trinajstić information content (AvgIpc) is 2.90. The fourth-order valence-corrected chi connectivity index (χ4v) is 4.73. The van der Waals surface area contributed by atoms with E-state index in [1.807, 2.05) is 49.4 Å². The summed E-state index contributed by atoms with van der Waals surface area (Å²) in [7, 11) is 0. The first kappa shape index (κ1) is 34.9. The third kappa shape index (κ3) is 16.5. The number of alkyl halides is 1. The minimum absolute atomic E-state index is 0.0600. The molecule has 0 unspecified atom stereocenters. The Morgan fingerprint density at radius 3 is 2.36 bits per heavy atom. The minimum Gasteiger partial charge on any atom is -0.458 e. The second kappa shape index (κ2) is 21.6. The van der Waals surface area contributed by atoms with Gasteiger partial charge in [-0.05, 0) is 83.3 Å². The zero-order chi connectivity index (χ0) is 28.9. The minimum atomic E-state index is -0.687. The maximum atomic E-state index is 12.5. The van der Waals surface area contributed by atoms with Gasteiger partial charge < -0.3 is 20.3 Å².